The van der Waals surface area contributed by atoms with Gasteiger partial charge in [0.2, 0.25) is 0 Å². The molecule has 5 heteroatoms. The quantitative estimate of drug-likeness (QED) is 0.147. The number of aromatic nitrogens is 3. The third-order valence-electron chi connectivity index (χ3n) is 12.4. The van der Waals surface area contributed by atoms with E-state index in [0.29, 0.717) is 39.2 Å². The Bertz CT molecular complexity index is 3420. The van der Waals surface area contributed by atoms with Crippen molar-refractivity contribution in [3.8, 4) is 78.6 Å². The molecule has 1 N–H and O–H groups in total. The van der Waals surface area contributed by atoms with Gasteiger partial charge in [0, 0.05) is 39.8 Å². The van der Waals surface area contributed by atoms with Crippen LogP contribution >= 0.6 is 0 Å². The molecule has 9 aromatic rings. The smallest absolute Gasteiger partial charge is 0.148 e. The van der Waals surface area contributed by atoms with Crippen molar-refractivity contribution in [2.45, 2.75) is 86.4 Å². The molecule has 0 aliphatic heterocycles. The van der Waals surface area contributed by atoms with Crippen LogP contribution in [0.3, 0.4) is 0 Å². The molecule has 0 saturated heterocycles. The van der Waals surface area contributed by atoms with Gasteiger partial charge in [-0.15, -0.1) is 29.3 Å². The van der Waals surface area contributed by atoms with Crippen molar-refractivity contribution in [3.05, 3.63) is 191 Å². The van der Waals surface area contributed by atoms with Gasteiger partial charge in [-0.25, -0.2) is 4.98 Å². The van der Waals surface area contributed by atoms with Crippen molar-refractivity contribution in [3.63, 3.8) is 0 Å². The summed E-state index contributed by atoms with van der Waals surface area (Å²) in [7, 11) is 0. The number of rotatable bonds is 9. The molecule has 0 amide bonds. The molecule has 0 spiro atoms. The van der Waals surface area contributed by atoms with Crippen LogP contribution in [0.25, 0.3) is 83.9 Å². The van der Waals surface area contributed by atoms with E-state index in [2.05, 4.69) is 81.4 Å². The molecule has 0 atom stereocenters. The summed E-state index contributed by atoms with van der Waals surface area (Å²) in [6, 6.07) is 52.0. The van der Waals surface area contributed by atoms with Crippen LogP contribution in [0.5, 0.6) is 5.75 Å². The molecule has 0 aliphatic rings. The number of aryl methyl sites for hydroxylation is 3. The average molecular weight is 1050 g/mol. The van der Waals surface area contributed by atoms with Gasteiger partial charge in [-0.2, -0.15) is 0 Å². The predicted molar refractivity (Wildman–Crippen MR) is 273 cm³/mol. The zero-order valence-corrected chi connectivity index (χ0v) is 41.3. The zero-order valence-electron chi connectivity index (χ0n) is 44.0. The second-order valence-corrected chi connectivity index (χ2v) is 18.8. The maximum absolute atomic E-state index is 11.8. The number of aromatic hydroxyl groups is 1. The Labute approximate surface area is 412 Å². The summed E-state index contributed by atoms with van der Waals surface area (Å²) in [5.74, 6) is -1.47. The molecule has 0 saturated carbocycles. The van der Waals surface area contributed by atoms with Crippen LogP contribution < -0.4 is 0 Å². The van der Waals surface area contributed by atoms with E-state index in [-0.39, 0.29) is 37.8 Å². The Morgan fingerprint density at radius 2 is 1.26 bits per heavy atom. The molecule has 0 aliphatic carbocycles. The topological polar surface area (TPSA) is 50.9 Å². The normalized spacial score (nSPS) is 13.3. The van der Waals surface area contributed by atoms with Gasteiger partial charge in [0.15, 0.2) is 0 Å². The van der Waals surface area contributed by atoms with Gasteiger partial charge in [-0.05, 0) is 129 Å². The van der Waals surface area contributed by atoms with Crippen molar-refractivity contribution >= 4 is 11.0 Å². The third kappa shape index (κ3) is 9.09. The molecule has 334 valence electrons. The monoisotopic (exact) mass is 1050 g/mol. The Morgan fingerprint density at radius 3 is 1.92 bits per heavy atom. The number of benzene rings is 7. The Hall–Kier alpha value is -6.35. The first-order valence-electron chi connectivity index (χ1n) is 24.8. The standard InChI is InChI=1S/C61H58N3O.Pt/c1-37(2)47-30-48(38(3)4)32-49(31-47)45-23-24-56(40(6)29-45)64-57-18-14-17-53(58(57)63-60(64)54-28-39(5)27-41(7)59(54)65)50-33-51(35-52(34-50)61(8,9)10)55-36-46(25-26-62-55)44-21-19-43(20-22-44)42-15-12-11-13-16-42;/h11-32,34-38,65H,1-10H3;/q-1;/i6D3,37D,38D;. The molecule has 66 heavy (non-hydrogen) atoms. The molecule has 0 fully saturated rings. The first-order valence-corrected chi connectivity index (χ1v) is 22.3. The molecular formula is C61H58N3OPt-. The minimum atomic E-state index is -2.58. The van der Waals surface area contributed by atoms with Gasteiger partial charge in [0.1, 0.15) is 11.6 Å². The fourth-order valence-electron chi connectivity index (χ4n) is 8.68. The number of phenolic OH excluding ortho intramolecular Hbond substituents is 1. The van der Waals surface area contributed by atoms with Crippen LogP contribution in [-0.2, 0) is 26.5 Å². The average Bonchev–Trinajstić information content (AvgIpc) is 3.71. The largest absolute Gasteiger partial charge is 0.507 e. The molecule has 0 bridgehead atoms. The summed E-state index contributed by atoms with van der Waals surface area (Å²) in [5.41, 5.74) is 15.0. The van der Waals surface area contributed by atoms with Crippen molar-refractivity contribution in [1.82, 2.24) is 14.5 Å². The van der Waals surface area contributed by atoms with Crippen LogP contribution in [0.2, 0.25) is 0 Å². The summed E-state index contributed by atoms with van der Waals surface area (Å²) in [4.78, 5) is 10.3. The number of imidazole rings is 1. The maximum atomic E-state index is 11.8. The van der Waals surface area contributed by atoms with Crippen LogP contribution in [0.4, 0.5) is 0 Å². The van der Waals surface area contributed by atoms with Crippen molar-refractivity contribution in [1.29, 1.82) is 0 Å². The number of hydrogen-bond donors (Lipinski definition) is 1. The molecule has 0 radical (unpaired) electrons. The second-order valence-electron chi connectivity index (χ2n) is 18.8. The first-order chi connectivity index (χ1) is 32.9. The number of para-hydroxylation sites is 1. The molecule has 0 unspecified atom stereocenters. The third-order valence-corrected chi connectivity index (χ3v) is 12.4. The minimum Gasteiger partial charge on any atom is -0.507 e. The van der Waals surface area contributed by atoms with Gasteiger partial charge in [-0.3, -0.25) is 9.55 Å². The van der Waals surface area contributed by atoms with Crippen LogP contribution in [0, 0.1) is 26.8 Å². The van der Waals surface area contributed by atoms with Gasteiger partial charge in [0.05, 0.1) is 22.3 Å². The van der Waals surface area contributed by atoms with Crippen LogP contribution in [-0.4, -0.2) is 19.6 Å². The van der Waals surface area contributed by atoms with Gasteiger partial charge >= 0.3 is 0 Å². The predicted octanol–water partition coefficient (Wildman–Crippen LogP) is 16.4. The number of fused-ring (bicyclic) bond motifs is 1. The Morgan fingerprint density at radius 1 is 0.621 bits per heavy atom. The summed E-state index contributed by atoms with van der Waals surface area (Å²) >= 11 is 0. The number of hydrogen-bond acceptors (Lipinski definition) is 3. The Balaban J connectivity index is 0.00000676. The van der Waals surface area contributed by atoms with Crippen molar-refractivity contribution in [2.24, 2.45) is 0 Å². The molecule has 4 nitrogen and oxygen atoms in total. The van der Waals surface area contributed by atoms with Crippen LogP contribution in [0.1, 0.15) is 100 Å². The summed E-state index contributed by atoms with van der Waals surface area (Å²) in [5, 5.41) is 11.8. The number of pyridine rings is 1. The van der Waals surface area contributed by atoms with E-state index in [9.17, 15) is 5.11 Å². The van der Waals surface area contributed by atoms with E-state index >= 15 is 0 Å². The Kier molecular flexibility index (Phi) is 11.2. The van der Waals surface area contributed by atoms with Gasteiger partial charge in [0.25, 0.3) is 0 Å². The second kappa shape index (κ2) is 18.5. The minimum absolute atomic E-state index is 0. The SMILES string of the molecule is [2H]C([2H])([2H])c1cc(-c2cc(C([2H])(C)C)cc(C([2H])(C)C)c2)ccc1-n1c(-c2cc(C)cc(C)c2O)nc2c(-c3[c-]c(-c4cc(-c5ccc(-c6ccccc6)cc5)ccn4)cc(C(C)(C)C)c3)cccc21.[Pt]. The fourth-order valence-corrected chi connectivity index (χ4v) is 8.68. The summed E-state index contributed by atoms with van der Waals surface area (Å²) in [6.45, 7) is 15.0. The summed E-state index contributed by atoms with van der Waals surface area (Å²) < 4.78 is 46.7. The first kappa shape index (κ1) is 40.0. The molecule has 2 aromatic heterocycles. The zero-order chi connectivity index (χ0) is 50.1. The molecule has 2 heterocycles. The number of nitrogens with zero attached hydrogens (tertiary/aromatic N) is 3. The van der Waals surface area contributed by atoms with Gasteiger partial charge in [-0.1, -0.05) is 163 Å². The molecule has 7 aromatic carbocycles. The van der Waals surface area contributed by atoms with Crippen LogP contribution in [0.15, 0.2) is 152 Å². The van der Waals surface area contributed by atoms with E-state index in [4.69, 9.17) is 16.8 Å². The summed E-state index contributed by atoms with van der Waals surface area (Å²) in [6.07, 6.45) is 1.84. The van der Waals surface area contributed by atoms with E-state index in [1.54, 1.807) is 6.07 Å². The van der Waals surface area contributed by atoms with E-state index in [0.717, 1.165) is 72.5 Å². The van der Waals surface area contributed by atoms with Crippen molar-refractivity contribution < 1.29 is 33.0 Å². The number of phenols is 1. The molecular weight excluding hydrogens is 986 g/mol. The fraction of sp³-hybridized carbons (Fsp3) is 0.213. The van der Waals surface area contributed by atoms with E-state index < -0.39 is 18.6 Å². The maximum Gasteiger partial charge on any atom is 0.148 e. The van der Waals surface area contributed by atoms with Gasteiger partial charge < -0.3 is 5.11 Å². The van der Waals surface area contributed by atoms with Crippen molar-refractivity contribution in [2.75, 3.05) is 0 Å². The van der Waals surface area contributed by atoms with E-state index in [1.807, 2.05) is 137 Å². The molecule has 9 rings (SSSR count). The van der Waals surface area contributed by atoms with E-state index in [1.165, 1.54) is 0 Å².